The molecule has 1 aromatic heterocycles. The summed E-state index contributed by atoms with van der Waals surface area (Å²) in [4.78, 5) is 30.6. The highest BCUT2D eigenvalue weighted by Crippen LogP contribution is 2.30. The van der Waals surface area contributed by atoms with Crippen LogP contribution in [0.25, 0.3) is 0 Å². The van der Waals surface area contributed by atoms with Crippen LogP contribution in [0.1, 0.15) is 41.6 Å². The number of hydrogen-bond donors (Lipinski definition) is 2. The zero-order valence-corrected chi connectivity index (χ0v) is 14.8. The average molecular weight is 338 g/mol. The van der Waals surface area contributed by atoms with Gasteiger partial charge in [-0.15, -0.1) is 0 Å². The fourth-order valence-corrected chi connectivity index (χ4v) is 2.75. The second-order valence-electron chi connectivity index (χ2n) is 6.58. The van der Waals surface area contributed by atoms with Crippen molar-refractivity contribution in [3.8, 4) is 0 Å². The second-order valence-corrected chi connectivity index (χ2v) is 6.58. The Morgan fingerprint density at radius 2 is 1.88 bits per heavy atom. The Morgan fingerprint density at radius 3 is 2.52 bits per heavy atom. The highest BCUT2D eigenvalue weighted by atomic mass is 16.2. The highest BCUT2D eigenvalue weighted by Gasteiger charge is 2.30. The summed E-state index contributed by atoms with van der Waals surface area (Å²) in [5.74, 6) is 0.437. The van der Waals surface area contributed by atoms with Gasteiger partial charge < -0.3 is 15.5 Å². The molecule has 1 aromatic carbocycles. The number of benzene rings is 1. The van der Waals surface area contributed by atoms with E-state index in [4.69, 9.17) is 0 Å². The SMILES string of the molecule is Cc1ccc2c(n1)N(C)[C@H](c1ccc(NC(=O)C(C)C)cc1)NC2=O. The number of carbonyl (C=O) groups is 2. The largest absolute Gasteiger partial charge is 0.335 e. The summed E-state index contributed by atoms with van der Waals surface area (Å²) in [6.07, 6.45) is -0.302. The van der Waals surface area contributed by atoms with Crippen molar-refractivity contribution in [1.29, 1.82) is 0 Å². The van der Waals surface area contributed by atoms with Crippen molar-refractivity contribution in [2.24, 2.45) is 5.92 Å². The molecule has 130 valence electrons. The van der Waals surface area contributed by atoms with E-state index in [0.29, 0.717) is 11.4 Å². The van der Waals surface area contributed by atoms with Gasteiger partial charge in [0.2, 0.25) is 5.91 Å². The maximum atomic E-state index is 12.4. The summed E-state index contributed by atoms with van der Waals surface area (Å²) >= 11 is 0. The number of aryl methyl sites for hydroxylation is 1. The molecule has 0 saturated heterocycles. The monoisotopic (exact) mass is 338 g/mol. The van der Waals surface area contributed by atoms with E-state index in [0.717, 1.165) is 16.9 Å². The zero-order valence-electron chi connectivity index (χ0n) is 14.8. The van der Waals surface area contributed by atoms with Crippen molar-refractivity contribution in [2.45, 2.75) is 26.9 Å². The maximum absolute atomic E-state index is 12.4. The zero-order chi connectivity index (χ0) is 18.1. The third-order valence-electron chi connectivity index (χ3n) is 4.27. The summed E-state index contributed by atoms with van der Waals surface area (Å²) in [7, 11) is 1.91. The number of hydrogen-bond acceptors (Lipinski definition) is 4. The van der Waals surface area contributed by atoms with Gasteiger partial charge in [0.1, 0.15) is 12.0 Å². The molecule has 6 heteroatoms. The summed E-state index contributed by atoms with van der Waals surface area (Å²) in [5.41, 5.74) is 3.10. The van der Waals surface area contributed by atoms with E-state index in [-0.39, 0.29) is 23.9 Å². The van der Waals surface area contributed by atoms with Gasteiger partial charge in [-0.05, 0) is 36.8 Å². The summed E-state index contributed by atoms with van der Waals surface area (Å²) in [5, 5.41) is 5.86. The van der Waals surface area contributed by atoms with Gasteiger partial charge in [-0.2, -0.15) is 0 Å². The van der Waals surface area contributed by atoms with Gasteiger partial charge in [-0.1, -0.05) is 26.0 Å². The number of nitrogens with one attached hydrogen (secondary N) is 2. The normalized spacial score (nSPS) is 16.4. The first-order valence-corrected chi connectivity index (χ1v) is 8.29. The molecule has 0 spiro atoms. The van der Waals surface area contributed by atoms with Crippen LogP contribution < -0.4 is 15.5 Å². The number of pyridine rings is 1. The minimum absolute atomic E-state index is 0.0237. The molecule has 0 fully saturated rings. The Kier molecular flexibility index (Phi) is 4.44. The Hall–Kier alpha value is -2.89. The highest BCUT2D eigenvalue weighted by molar-refractivity contribution is 6.01. The number of nitrogens with zero attached hydrogens (tertiary/aromatic N) is 2. The van der Waals surface area contributed by atoms with Crippen molar-refractivity contribution < 1.29 is 9.59 Å². The number of rotatable bonds is 3. The van der Waals surface area contributed by atoms with Gasteiger partial charge in [0.15, 0.2) is 0 Å². The molecule has 2 amide bonds. The van der Waals surface area contributed by atoms with E-state index in [1.807, 2.05) is 63.1 Å². The molecule has 0 aliphatic carbocycles. The first-order valence-electron chi connectivity index (χ1n) is 8.29. The molecule has 1 atom stereocenters. The molecule has 3 rings (SSSR count). The van der Waals surface area contributed by atoms with E-state index < -0.39 is 0 Å². The van der Waals surface area contributed by atoms with Gasteiger partial charge in [-0.25, -0.2) is 4.98 Å². The molecule has 0 radical (unpaired) electrons. The van der Waals surface area contributed by atoms with Crippen LogP contribution in [0.2, 0.25) is 0 Å². The Labute approximate surface area is 147 Å². The van der Waals surface area contributed by atoms with Crippen molar-refractivity contribution in [3.05, 3.63) is 53.2 Å². The Balaban J connectivity index is 1.85. The van der Waals surface area contributed by atoms with Crippen LogP contribution in [0.5, 0.6) is 0 Å². The third-order valence-corrected chi connectivity index (χ3v) is 4.27. The number of amides is 2. The van der Waals surface area contributed by atoms with Gasteiger partial charge in [0.05, 0.1) is 5.56 Å². The van der Waals surface area contributed by atoms with Gasteiger partial charge in [0.25, 0.3) is 5.91 Å². The van der Waals surface area contributed by atoms with E-state index in [9.17, 15) is 9.59 Å². The number of carbonyl (C=O) groups excluding carboxylic acids is 2. The van der Waals surface area contributed by atoms with Crippen molar-refractivity contribution in [2.75, 3.05) is 17.3 Å². The standard InChI is InChI=1S/C19H22N4O2/c1-11(2)18(24)21-14-8-6-13(7-9-14)16-22-19(25)15-10-5-12(3)20-17(15)23(16)4/h5-11,16H,1-4H3,(H,21,24)(H,22,25)/t16-/m1/s1. The van der Waals surface area contributed by atoms with E-state index >= 15 is 0 Å². The first kappa shape index (κ1) is 17.0. The number of anilines is 2. The van der Waals surface area contributed by atoms with E-state index in [2.05, 4.69) is 15.6 Å². The van der Waals surface area contributed by atoms with Crippen LogP contribution in [0, 0.1) is 12.8 Å². The van der Waals surface area contributed by atoms with Crippen LogP contribution in [-0.2, 0) is 4.79 Å². The smallest absolute Gasteiger partial charge is 0.256 e. The summed E-state index contributed by atoms with van der Waals surface area (Å²) in [6.45, 7) is 5.60. The lowest BCUT2D eigenvalue weighted by atomic mass is 10.1. The number of aromatic nitrogens is 1. The molecule has 25 heavy (non-hydrogen) atoms. The topological polar surface area (TPSA) is 74.3 Å². The predicted octanol–water partition coefficient (Wildman–Crippen LogP) is 2.86. The second kappa shape index (κ2) is 6.55. The fourth-order valence-electron chi connectivity index (χ4n) is 2.75. The Morgan fingerprint density at radius 1 is 1.20 bits per heavy atom. The predicted molar refractivity (Wildman–Crippen MR) is 97.5 cm³/mol. The van der Waals surface area contributed by atoms with Gasteiger partial charge >= 0.3 is 0 Å². The van der Waals surface area contributed by atoms with Crippen LogP contribution in [0.4, 0.5) is 11.5 Å². The van der Waals surface area contributed by atoms with Crippen LogP contribution >= 0.6 is 0 Å². The van der Waals surface area contributed by atoms with Crippen molar-refractivity contribution >= 4 is 23.3 Å². The fraction of sp³-hybridized carbons (Fsp3) is 0.316. The Bertz CT molecular complexity index is 815. The average Bonchev–Trinajstić information content (AvgIpc) is 2.58. The van der Waals surface area contributed by atoms with Gasteiger partial charge in [-0.3, -0.25) is 9.59 Å². The van der Waals surface area contributed by atoms with E-state index in [1.54, 1.807) is 6.07 Å². The molecule has 1 aliphatic rings. The van der Waals surface area contributed by atoms with E-state index in [1.165, 1.54) is 0 Å². The van der Waals surface area contributed by atoms with Gasteiger partial charge in [0, 0.05) is 24.3 Å². The molecule has 2 N–H and O–H groups in total. The molecule has 0 unspecified atom stereocenters. The lowest BCUT2D eigenvalue weighted by molar-refractivity contribution is -0.118. The number of fused-ring (bicyclic) bond motifs is 1. The quantitative estimate of drug-likeness (QED) is 0.902. The first-order chi connectivity index (χ1) is 11.9. The molecule has 0 bridgehead atoms. The third kappa shape index (κ3) is 3.33. The molecule has 0 saturated carbocycles. The van der Waals surface area contributed by atoms with Crippen LogP contribution in [-0.4, -0.2) is 23.8 Å². The molecule has 2 heterocycles. The lowest BCUT2D eigenvalue weighted by Gasteiger charge is -2.35. The van der Waals surface area contributed by atoms with Crippen molar-refractivity contribution in [1.82, 2.24) is 10.3 Å². The minimum Gasteiger partial charge on any atom is -0.335 e. The molecular formula is C19H22N4O2. The maximum Gasteiger partial charge on any atom is 0.256 e. The molecule has 2 aromatic rings. The molecular weight excluding hydrogens is 316 g/mol. The minimum atomic E-state index is -0.302. The van der Waals surface area contributed by atoms with Crippen molar-refractivity contribution in [3.63, 3.8) is 0 Å². The summed E-state index contributed by atoms with van der Waals surface area (Å²) in [6, 6.07) is 11.1. The lowest BCUT2D eigenvalue weighted by Crippen LogP contribution is -2.45. The van der Waals surface area contributed by atoms with Crippen LogP contribution in [0.15, 0.2) is 36.4 Å². The van der Waals surface area contributed by atoms with Crippen LogP contribution in [0.3, 0.4) is 0 Å². The summed E-state index contributed by atoms with van der Waals surface area (Å²) < 4.78 is 0. The molecule has 6 nitrogen and oxygen atoms in total. The molecule has 1 aliphatic heterocycles.